The summed E-state index contributed by atoms with van der Waals surface area (Å²) in [6.45, 7) is 1.88. The number of nitro benzene ring substituents is 1. The van der Waals surface area contributed by atoms with Gasteiger partial charge in [0.2, 0.25) is 0 Å². The molecule has 0 aliphatic heterocycles. The molecule has 0 atom stereocenters. The second-order valence-electron chi connectivity index (χ2n) is 4.31. The monoisotopic (exact) mass is 365 g/mol. The van der Waals surface area contributed by atoms with Gasteiger partial charge in [0, 0.05) is 21.6 Å². The number of benzene rings is 2. The highest BCUT2D eigenvalue weighted by Crippen LogP contribution is 2.33. The van der Waals surface area contributed by atoms with Crippen molar-refractivity contribution in [1.29, 1.82) is 5.26 Å². The van der Waals surface area contributed by atoms with Crippen LogP contribution in [0.15, 0.2) is 34.8 Å². The lowest BCUT2D eigenvalue weighted by atomic mass is 10.1. The molecule has 0 fully saturated rings. The molecule has 0 spiro atoms. The third kappa shape index (κ3) is 3.32. The van der Waals surface area contributed by atoms with Gasteiger partial charge in [-0.05, 0) is 46.6 Å². The first-order valence-electron chi connectivity index (χ1n) is 5.83. The summed E-state index contributed by atoms with van der Waals surface area (Å²) in [6.07, 6.45) is 0. The number of hydrogen-bond acceptors (Lipinski definition) is 4. The standard InChI is InChI=1S/C14H9BrClN3O2/c1-8-4-11(15)14(6-12(8)16)18-13-3-2-10(19(20)21)5-9(13)7-17/h2-6,18H,1H3. The second-order valence-corrected chi connectivity index (χ2v) is 5.57. The molecule has 0 amide bonds. The van der Waals surface area contributed by atoms with E-state index in [9.17, 15) is 10.1 Å². The fraction of sp³-hybridized carbons (Fsp3) is 0.0714. The van der Waals surface area contributed by atoms with E-state index >= 15 is 0 Å². The summed E-state index contributed by atoms with van der Waals surface area (Å²) in [5.74, 6) is 0. The Morgan fingerprint density at radius 2 is 2.05 bits per heavy atom. The molecule has 0 aliphatic rings. The molecule has 0 bridgehead atoms. The molecule has 0 unspecified atom stereocenters. The molecular weight excluding hydrogens is 358 g/mol. The summed E-state index contributed by atoms with van der Waals surface area (Å²) >= 11 is 9.49. The smallest absolute Gasteiger partial charge is 0.270 e. The van der Waals surface area contributed by atoms with Gasteiger partial charge in [0.25, 0.3) is 5.69 Å². The summed E-state index contributed by atoms with van der Waals surface area (Å²) in [4.78, 5) is 10.2. The Balaban J connectivity index is 2.43. The Bertz CT molecular complexity index is 772. The molecule has 1 N–H and O–H groups in total. The Morgan fingerprint density at radius 1 is 1.33 bits per heavy atom. The van der Waals surface area contributed by atoms with E-state index in [0.29, 0.717) is 16.4 Å². The molecular formula is C14H9BrClN3O2. The Labute approximate surface area is 134 Å². The first-order chi connectivity index (χ1) is 9.92. The zero-order chi connectivity index (χ0) is 15.6. The molecule has 21 heavy (non-hydrogen) atoms. The van der Waals surface area contributed by atoms with E-state index in [1.165, 1.54) is 18.2 Å². The molecule has 0 saturated heterocycles. The van der Waals surface area contributed by atoms with Crippen molar-refractivity contribution < 1.29 is 4.92 Å². The summed E-state index contributed by atoms with van der Waals surface area (Å²) < 4.78 is 0.784. The quantitative estimate of drug-likeness (QED) is 0.616. The van der Waals surface area contributed by atoms with Crippen LogP contribution < -0.4 is 5.32 Å². The van der Waals surface area contributed by atoms with Gasteiger partial charge in [-0.3, -0.25) is 10.1 Å². The number of nitriles is 1. The van der Waals surface area contributed by atoms with Crippen molar-refractivity contribution in [2.45, 2.75) is 6.92 Å². The number of aryl methyl sites for hydroxylation is 1. The average molecular weight is 367 g/mol. The highest BCUT2D eigenvalue weighted by atomic mass is 79.9. The molecule has 106 valence electrons. The first kappa shape index (κ1) is 15.3. The van der Waals surface area contributed by atoms with Gasteiger partial charge in [-0.25, -0.2) is 0 Å². The highest BCUT2D eigenvalue weighted by Gasteiger charge is 2.12. The van der Waals surface area contributed by atoms with Crippen molar-refractivity contribution in [3.8, 4) is 6.07 Å². The normalized spacial score (nSPS) is 10.0. The molecule has 0 saturated carbocycles. The van der Waals surface area contributed by atoms with Crippen LogP contribution in [-0.2, 0) is 0 Å². The van der Waals surface area contributed by atoms with Crippen molar-refractivity contribution in [3.05, 3.63) is 61.1 Å². The minimum Gasteiger partial charge on any atom is -0.353 e. The molecule has 5 nitrogen and oxygen atoms in total. The molecule has 7 heteroatoms. The predicted molar refractivity (Wildman–Crippen MR) is 85.0 cm³/mol. The van der Waals surface area contributed by atoms with Gasteiger partial charge < -0.3 is 5.32 Å². The van der Waals surface area contributed by atoms with E-state index in [1.54, 1.807) is 6.07 Å². The Hall–Kier alpha value is -2.10. The summed E-state index contributed by atoms with van der Waals surface area (Å²) in [6, 6.07) is 9.58. The van der Waals surface area contributed by atoms with E-state index in [-0.39, 0.29) is 11.3 Å². The SMILES string of the molecule is Cc1cc(Br)c(Nc2ccc([N+](=O)[O-])cc2C#N)cc1Cl. The lowest BCUT2D eigenvalue weighted by molar-refractivity contribution is -0.384. The third-order valence-electron chi connectivity index (χ3n) is 2.85. The van der Waals surface area contributed by atoms with Crippen LogP contribution in [0.4, 0.5) is 17.1 Å². The molecule has 0 aliphatic carbocycles. The number of nitrogens with one attached hydrogen (secondary N) is 1. The maximum atomic E-state index is 10.7. The van der Waals surface area contributed by atoms with Gasteiger partial charge in [-0.1, -0.05) is 11.6 Å². The van der Waals surface area contributed by atoms with Crippen molar-refractivity contribution in [1.82, 2.24) is 0 Å². The van der Waals surface area contributed by atoms with Crippen molar-refractivity contribution in [2.24, 2.45) is 0 Å². The summed E-state index contributed by atoms with van der Waals surface area (Å²) in [5, 5.41) is 23.5. The van der Waals surface area contributed by atoms with Gasteiger partial charge in [0.1, 0.15) is 6.07 Å². The van der Waals surface area contributed by atoms with Crippen molar-refractivity contribution in [2.75, 3.05) is 5.32 Å². The second kappa shape index (κ2) is 6.12. The molecule has 2 aromatic carbocycles. The van der Waals surface area contributed by atoms with E-state index in [4.69, 9.17) is 16.9 Å². The number of anilines is 2. The molecule has 2 aromatic rings. The Kier molecular flexibility index (Phi) is 4.46. The van der Waals surface area contributed by atoms with Crippen LogP contribution in [-0.4, -0.2) is 4.92 Å². The number of hydrogen-bond donors (Lipinski definition) is 1. The van der Waals surface area contributed by atoms with Crippen LogP contribution in [0.5, 0.6) is 0 Å². The van der Waals surface area contributed by atoms with Crippen LogP contribution in [0, 0.1) is 28.4 Å². The van der Waals surface area contributed by atoms with Crippen LogP contribution in [0.3, 0.4) is 0 Å². The highest BCUT2D eigenvalue weighted by molar-refractivity contribution is 9.10. The summed E-state index contributed by atoms with van der Waals surface area (Å²) in [5.41, 5.74) is 2.13. The molecule has 0 heterocycles. The number of non-ortho nitro benzene ring substituents is 1. The fourth-order valence-corrected chi connectivity index (χ4v) is 2.46. The number of rotatable bonds is 3. The van der Waals surface area contributed by atoms with Gasteiger partial charge >= 0.3 is 0 Å². The number of nitrogens with zero attached hydrogens (tertiary/aromatic N) is 2. The van der Waals surface area contributed by atoms with Crippen LogP contribution in [0.1, 0.15) is 11.1 Å². The largest absolute Gasteiger partial charge is 0.353 e. The zero-order valence-electron chi connectivity index (χ0n) is 10.9. The third-order valence-corrected chi connectivity index (χ3v) is 3.92. The van der Waals surface area contributed by atoms with Gasteiger partial charge in [0.15, 0.2) is 0 Å². The number of nitro groups is 1. The molecule has 0 radical (unpaired) electrons. The van der Waals surface area contributed by atoms with E-state index < -0.39 is 4.92 Å². The van der Waals surface area contributed by atoms with Crippen LogP contribution >= 0.6 is 27.5 Å². The average Bonchev–Trinajstić information content (AvgIpc) is 2.44. The predicted octanol–water partition coefficient (Wildman–Crippen LogP) is 4.93. The van der Waals surface area contributed by atoms with E-state index in [0.717, 1.165) is 10.0 Å². The maximum absolute atomic E-state index is 10.7. The minimum absolute atomic E-state index is 0.127. The van der Waals surface area contributed by atoms with E-state index in [1.807, 2.05) is 19.1 Å². The topological polar surface area (TPSA) is 79.0 Å². The van der Waals surface area contributed by atoms with Crippen molar-refractivity contribution >= 4 is 44.6 Å². The van der Waals surface area contributed by atoms with Crippen molar-refractivity contribution in [3.63, 3.8) is 0 Å². The fourth-order valence-electron chi connectivity index (χ4n) is 1.73. The lowest BCUT2D eigenvalue weighted by Gasteiger charge is -2.11. The van der Waals surface area contributed by atoms with Crippen LogP contribution in [0.25, 0.3) is 0 Å². The van der Waals surface area contributed by atoms with Gasteiger partial charge in [-0.15, -0.1) is 0 Å². The maximum Gasteiger partial charge on any atom is 0.270 e. The van der Waals surface area contributed by atoms with Crippen LogP contribution in [0.2, 0.25) is 5.02 Å². The van der Waals surface area contributed by atoms with Gasteiger partial charge in [0.05, 0.1) is 21.9 Å². The zero-order valence-corrected chi connectivity index (χ0v) is 13.2. The Morgan fingerprint density at radius 3 is 2.67 bits per heavy atom. The number of halogens is 2. The lowest BCUT2D eigenvalue weighted by Crippen LogP contribution is -1.97. The first-order valence-corrected chi connectivity index (χ1v) is 7.00. The summed E-state index contributed by atoms with van der Waals surface area (Å²) in [7, 11) is 0. The molecule has 0 aromatic heterocycles. The van der Waals surface area contributed by atoms with Gasteiger partial charge in [-0.2, -0.15) is 5.26 Å². The van der Waals surface area contributed by atoms with E-state index in [2.05, 4.69) is 21.2 Å². The minimum atomic E-state index is -0.538. The molecule has 2 rings (SSSR count).